The molecule has 0 aliphatic heterocycles. The average Bonchev–Trinajstić information content (AvgIpc) is 2.89. The van der Waals surface area contributed by atoms with Crippen LogP contribution in [0.5, 0.6) is 0 Å². The minimum absolute atomic E-state index is 0.299. The first-order valence-electron chi connectivity index (χ1n) is 6.76. The average molecular weight is 381 g/mol. The molecule has 108 valence electrons. The van der Waals surface area contributed by atoms with Gasteiger partial charge in [0.1, 0.15) is 0 Å². The summed E-state index contributed by atoms with van der Waals surface area (Å²) in [5.74, 6) is 0. The number of fused-ring (bicyclic) bond motifs is 1. The Kier molecular flexibility index (Phi) is 4.65. The van der Waals surface area contributed by atoms with Crippen LogP contribution < -0.4 is 5.32 Å². The van der Waals surface area contributed by atoms with Gasteiger partial charge in [-0.1, -0.05) is 45.7 Å². The maximum absolute atomic E-state index is 6.02. The molecule has 0 saturated carbocycles. The molecule has 3 rings (SSSR count). The Morgan fingerprint density at radius 2 is 1.86 bits per heavy atom. The molecular weight excluding hydrogens is 366 g/mol. The Bertz CT molecular complexity index is 768. The zero-order chi connectivity index (χ0) is 14.8. The zero-order valence-corrected chi connectivity index (χ0v) is 14.7. The van der Waals surface area contributed by atoms with Gasteiger partial charge in [-0.25, -0.2) is 0 Å². The second kappa shape index (κ2) is 6.49. The lowest BCUT2D eigenvalue weighted by Gasteiger charge is -2.16. The van der Waals surface area contributed by atoms with Crippen molar-refractivity contribution in [1.29, 1.82) is 0 Å². The molecule has 3 aromatic rings. The Morgan fingerprint density at radius 1 is 1.10 bits per heavy atom. The minimum atomic E-state index is 0.299. The van der Waals surface area contributed by atoms with E-state index in [4.69, 9.17) is 11.6 Å². The first kappa shape index (κ1) is 15.0. The van der Waals surface area contributed by atoms with E-state index in [9.17, 15) is 0 Å². The summed E-state index contributed by atoms with van der Waals surface area (Å²) in [4.78, 5) is 1.30. The highest BCUT2D eigenvalue weighted by atomic mass is 79.9. The predicted molar refractivity (Wildman–Crippen MR) is 96.5 cm³/mol. The molecular formula is C17H15BrClNS. The summed E-state index contributed by atoms with van der Waals surface area (Å²) in [6, 6.07) is 17.4. The molecule has 1 aromatic heterocycles. The van der Waals surface area contributed by atoms with Crippen molar-refractivity contribution in [2.24, 2.45) is 0 Å². The highest BCUT2D eigenvalue weighted by molar-refractivity contribution is 9.10. The highest BCUT2D eigenvalue weighted by Gasteiger charge is 2.12. The topological polar surface area (TPSA) is 12.0 Å². The molecule has 0 amide bonds. The van der Waals surface area contributed by atoms with Crippen molar-refractivity contribution in [3.05, 3.63) is 67.8 Å². The fourth-order valence-corrected chi connectivity index (χ4v) is 4.01. The summed E-state index contributed by atoms with van der Waals surface area (Å²) < 4.78 is 1.96. The largest absolute Gasteiger partial charge is 0.313 e. The molecule has 0 radical (unpaired) electrons. The van der Waals surface area contributed by atoms with E-state index in [2.05, 4.69) is 63.7 Å². The summed E-state index contributed by atoms with van der Waals surface area (Å²) in [6.07, 6.45) is 0.954. The minimum Gasteiger partial charge on any atom is -0.313 e. The fourth-order valence-electron chi connectivity index (χ4n) is 2.50. The van der Waals surface area contributed by atoms with Gasteiger partial charge in [0.25, 0.3) is 0 Å². The standard InChI is InChI=1S/C17H15BrClNS/c1-20-16(10-15-6-7-17(19)21-15)13-3-2-12-9-14(18)5-4-11(12)8-13/h2-9,16,20H,10H2,1H3. The van der Waals surface area contributed by atoms with E-state index in [1.54, 1.807) is 11.3 Å². The molecule has 0 spiro atoms. The number of halogens is 2. The molecule has 4 heteroatoms. The number of hydrogen-bond donors (Lipinski definition) is 1. The van der Waals surface area contributed by atoms with E-state index < -0.39 is 0 Å². The number of rotatable bonds is 4. The molecule has 0 aliphatic carbocycles. The molecule has 1 unspecified atom stereocenters. The van der Waals surface area contributed by atoms with Crippen LogP contribution in [0.25, 0.3) is 10.8 Å². The van der Waals surface area contributed by atoms with Crippen LogP contribution in [-0.2, 0) is 6.42 Å². The quantitative estimate of drug-likeness (QED) is 0.601. The maximum atomic E-state index is 6.02. The molecule has 0 saturated heterocycles. The van der Waals surface area contributed by atoms with E-state index in [1.165, 1.54) is 21.2 Å². The number of benzene rings is 2. The third kappa shape index (κ3) is 3.49. The van der Waals surface area contributed by atoms with E-state index in [0.29, 0.717) is 6.04 Å². The van der Waals surface area contributed by atoms with E-state index in [-0.39, 0.29) is 0 Å². The molecule has 1 N–H and O–H groups in total. The van der Waals surface area contributed by atoms with Gasteiger partial charge in [0.2, 0.25) is 0 Å². The van der Waals surface area contributed by atoms with Crippen LogP contribution in [0.1, 0.15) is 16.5 Å². The van der Waals surface area contributed by atoms with Crippen LogP contribution >= 0.6 is 38.9 Å². The summed E-state index contributed by atoms with van der Waals surface area (Å²) in [5, 5.41) is 5.92. The Hall–Kier alpha value is -0.870. The molecule has 2 aromatic carbocycles. The van der Waals surface area contributed by atoms with Crippen LogP contribution in [0.15, 0.2) is 53.0 Å². The summed E-state index contributed by atoms with van der Waals surface area (Å²) >= 11 is 11.2. The second-order valence-corrected chi connectivity index (χ2v) is 7.72. The second-order valence-electron chi connectivity index (χ2n) is 5.00. The third-order valence-electron chi connectivity index (χ3n) is 3.61. The summed E-state index contributed by atoms with van der Waals surface area (Å²) in [7, 11) is 2.01. The first-order valence-corrected chi connectivity index (χ1v) is 8.75. The molecule has 1 atom stereocenters. The van der Waals surface area contributed by atoms with E-state index in [1.807, 2.05) is 13.1 Å². The fraction of sp³-hybridized carbons (Fsp3) is 0.176. The molecule has 0 bridgehead atoms. The monoisotopic (exact) mass is 379 g/mol. The first-order chi connectivity index (χ1) is 10.2. The Balaban J connectivity index is 1.91. The number of hydrogen-bond acceptors (Lipinski definition) is 2. The van der Waals surface area contributed by atoms with Crippen LogP contribution in [0.3, 0.4) is 0 Å². The van der Waals surface area contributed by atoms with Gasteiger partial charge >= 0.3 is 0 Å². The molecule has 21 heavy (non-hydrogen) atoms. The normalized spacial score (nSPS) is 12.7. The molecule has 1 nitrogen and oxygen atoms in total. The highest BCUT2D eigenvalue weighted by Crippen LogP contribution is 2.28. The van der Waals surface area contributed by atoms with Crippen molar-refractivity contribution in [2.45, 2.75) is 12.5 Å². The van der Waals surface area contributed by atoms with Gasteiger partial charge in [0.05, 0.1) is 4.34 Å². The summed E-state index contributed by atoms with van der Waals surface area (Å²) in [6.45, 7) is 0. The summed E-state index contributed by atoms with van der Waals surface area (Å²) in [5.41, 5.74) is 1.30. The Labute approximate surface area is 142 Å². The zero-order valence-electron chi connectivity index (χ0n) is 11.6. The molecule has 0 aliphatic rings. The lowest BCUT2D eigenvalue weighted by molar-refractivity contribution is 0.597. The maximum Gasteiger partial charge on any atom is 0.0931 e. The smallest absolute Gasteiger partial charge is 0.0931 e. The van der Waals surface area contributed by atoms with Gasteiger partial charge in [-0.2, -0.15) is 0 Å². The van der Waals surface area contributed by atoms with Gasteiger partial charge in [-0.3, -0.25) is 0 Å². The molecule has 1 heterocycles. The van der Waals surface area contributed by atoms with Gasteiger partial charge in [-0.05, 0) is 53.7 Å². The van der Waals surface area contributed by atoms with Crippen molar-refractivity contribution >= 4 is 49.6 Å². The van der Waals surface area contributed by atoms with Crippen molar-refractivity contribution < 1.29 is 0 Å². The third-order valence-corrected chi connectivity index (χ3v) is 5.36. The Morgan fingerprint density at radius 3 is 2.57 bits per heavy atom. The molecule has 0 fully saturated rings. The van der Waals surface area contributed by atoms with Crippen molar-refractivity contribution in [3.8, 4) is 0 Å². The van der Waals surface area contributed by atoms with Gasteiger partial charge < -0.3 is 5.32 Å². The van der Waals surface area contributed by atoms with Crippen molar-refractivity contribution in [1.82, 2.24) is 5.32 Å². The van der Waals surface area contributed by atoms with Gasteiger partial charge in [-0.15, -0.1) is 11.3 Å². The number of thiophene rings is 1. The lowest BCUT2D eigenvalue weighted by Crippen LogP contribution is -2.18. The van der Waals surface area contributed by atoms with Gasteiger partial charge in [0, 0.05) is 21.8 Å². The predicted octanol–water partition coefficient (Wildman–Crippen LogP) is 5.82. The van der Waals surface area contributed by atoms with Crippen LogP contribution in [0.4, 0.5) is 0 Å². The van der Waals surface area contributed by atoms with E-state index >= 15 is 0 Å². The lowest BCUT2D eigenvalue weighted by atomic mass is 9.99. The van der Waals surface area contributed by atoms with E-state index in [0.717, 1.165) is 15.2 Å². The number of likely N-dealkylation sites (N-methyl/N-ethyl adjacent to an activating group) is 1. The van der Waals surface area contributed by atoms with Crippen LogP contribution in [0, 0.1) is 0 Å². The number of nitrogens with one attached hydrogen (secondary N) is 1. The SMILES string of the molecule is CNC(Cc1ccc(Cl)s1)c1ccc2cc(Br)ccc2c1. The van der Waals surface area contributed by atoms with Gasteiger partial charge in [0.15, 0.2) is 0 Å². The van der Waals surface area contributed by atoms with Crippen LogP contribution in [0.2, 0.25) is 4.34 Å². The van der Waals surface area contributed by atoms with Crippen molar-refractivity contribution in [3.63, 3.8) is 0 Å². The van der Waals surface area contributed by atoms with Crippen molar-refractivity contribution in [2.75, 3.05) is 7.05 Å². The van der Waals surface area contributed by atoms with Crippen LogP contribution in [-0.4, -0.2) is 7.05 Å².